The molecule has 0 radical (unpaired) electrons. The van der Waals surface area contributed by atoms with Crippen molar-refractivity contribution < 1.29 is 14.3 Å². The van der Waals surface area contributed by atoms with Crippen LogP contribution in [0.15, 0.2) is 24.3 Å². The summed E-state index contributed by atoms with van der Waals surface area (Å²) in [6.07, 6.45) is 1.68. The molecule has 2 bridgehead atoms. The molecular weight excluding hydrogens is 256 g/mol. The van der Waals surface area contributed by atoms with E-state index < -0.39 is 0 Å². The lowest BCUT2D eigenvalue weighted by Crippen LogP contribution is -2.33. The van der Waals surface area contributed by atoms with Gasteiger partial charge in [0.2, 0.25) is 11.8 Å². The number of benzene rings is 1. The Labute approximate surface area is 116 Å². The van der Waals surface area contributed by atoms with Crippen molar-refractivity contribution >= 4 is 17.5 Å². The molecule has 3 fully saturated rings. The molecule has 5 nitrogen and oxygen atoms in total. The van der Waals surface area contributed by atoms with E-state index in [4.69, 9.17) is 10.5 Å². The molecule has 0 aliphatic carbocycles. The predicted octanol–water partition coefficient (Wildman–Crippen LogP) is 0.931. The molecule has 2 N–H and O–H groups in total. The number of fused-ring (bicyclic) bond motifs is 5. The number of anilines is 1. The molecule has 20 heavy (non-hydrogen) atoms. The Morgan fingerprint density at radius 3 is 2.30 bits per heavy atom. The van der Waals surface area contributed by atoms with Crippen LogP contribution in [-0.2, 0) is 20.9 Å². The number of nitrogens with zero attached hydrogens (tertiary/aromatic N) is 1. The number of hydrogen-bond acceptors (Lipinski definition) is 4. The first-order chi connectivity index (χ1) is 9.66. The standard InChI is InChI=1S/C15H16N2O3/c16-9-4-2-1-3-8(9)7-17-14(18)12-10-5-6-11(20-10)13(12)15(17)19/h1-4,10-13H,5-7,16H2/t10-,11-,12?,13?/m1/s1. The van der Waals surface area contributed by atoms with Gasteiger partial charge in [0.25, 0.3) is 0 Å². The number of amides is 2. The lowest BCUT2D eigenvalue weighted by Gasteiger charge is -2.18. The van der Waals surface area contributed by atoms with Gasteiger partial charge >= 0.3 is 0 Å². The first-order valence-electron chi connectivity index (χ1n) is 7.01. The second-order valence-electron chi connectivity index (χ2n) is 5.80. The lowest BCUT2D eigenvalue weighted by molar-refractivity contribution is -0.143. The molecule has 3 aliphatic rings. The zero-order valence-electron chi connectivity index (χ0n) is 11.0. The number of likely N-dealkylation sites (tertiary alicyclic amines) is 1. The molecule has 0 spiro atoms. The van der Waals surface area contributed by atoms with E-state index in [1.54, 1.807) is 6.07 Å². The van der Waals surface area contributed by atoms with E-state index in [2.05, 4.69) is 0 Å². The molecule has 104 valence electrons. The van der Waals surface area contributed by atoms with Crippen LogP contribution >= 0.6 is 0 Å². The maximum atomic E-state index is 12.5. The average Bonchev–Trinajstić information content (AvgIpc) is 3.10. The quantitative estimate of drug-likeness (QED) is 0.642. The fraction of sp³-hybridized carbons (Fsp3) is 0.467. The maximum Gasteiger partial charge on any atom is 0.236 e. The van der Waals surface area contributed by atoms with Gasteiger partial charge in [-0.2, -0.15) is 0 Å². The van der Waals surface area contributed by atoms with E-state index >= 15 is 0 Å². The van der Waals surface area contributed by atoms with Crippen LogP contribution in [0.4, 0.5) is 5.69 Å². The van der Waals surface area contributed by atoms with Gasteiger partial charge in [-0.25, -0.2) is 0 Å². The van der Waals surface area contributed by atoms with Gasteiger partial charge < -0.3 is 10.5 Å². The Balaban J connectivity index is 1.63. The zero-order chi connectivity index (χ0) is 13.9. The third-order valence-corrected chi connectivity index (χ3v) is 4.76. The number of hydrogen-bond donors (Lipinski definition) is 1. The van der Waals surface area contributed by atoms with Crippen molar-refractivity contribution in [2.45, 2.75) is 31.6 Å². The first-order valence-corrected chi connectivity index (χ1v) is 7.01. The predicted molar refractivity (Wildman–Crippen MR) is 71.3 cm³/mol. The van der Waals surface area contributed by atoms with Crippen molar-refractivity contribution in [3.05, 3.63) is 29.8 Å². The number of nitrogen functional groups attached to an aromatic ring is 1. The summed E-state index contributed by atoms with van der Waals surface area (Å²) < 4.78 is 5.71. The number of para-hydroxylation sites is 1. The Hall–Kier alpha value is -1.88. The van der Waals surface area contributed by atoms with Gasteiger partial charge in [-0.1, -0.05) is 18.2 Å². The number of ether oxygens (including phenoxy) is 1. The van der Waals surface area contributed by atoms with Crippen LogP contribution in [0.1, 0.15) is 18.4 Å². The van der Waals surface area contributed by atoms with Crippen molar-refractivity contribution in [3.8, 4) is 0 Å². The van der Waals surface area contributed by atoms with Crippen molar-refractivity contribution in [3.63, 3.8) is 0 Å². The van der Waals surface area contributed by atoms with Crippen molar-refractivity contribution in [1.82, 2.24) is 4.90 Å². The second-order valence-corrected chi connectivity index (χ2v) is 5.80. The van der Waals surface area contributed by atoms with Gasteiger partial charge in [-0.15, -0.1) is 0 Å². The highest BCUT2D eigenvalue weighted by atomic mass is 16.5. The monoisotopic (exact) mass is 272 g/mol. The zero-order valence-corrected chi connectivity index (χ0v) is 11.0. The molecule has 3 aliphatic heterocycles. The van der Waals surface area contributed by atoms with Gasteiger partial charge in [0.05, 0.1) is 30.6 Å². The molecule has 2 amide bonds. The molecule has 4 rings (SSSR count). The maximum absolute atomic E-state index is 12.5. The average molecular weight is 272 g/mol. The molecule has 3 heterocycles. The van der Waals surface area contributed by atoms with Gasteiger partial charge in [-0.05, 0) is 24.5 Å². The summed E-state index contributed by atoms with van der Waals surface area (Å²) in [5.74, 6) is -0.691. The van der Waals surface area contributed by atoms with Crippen LogP contribution in [0, 0.1) is 11.8 Å². The van der Waals surface area contributed by atoms with E-state index in [0.717, 1.165) is 18.4 Å². The summed E-state index contributed by atoms with van der Waals surface area (Å²) in [6, 6.07) is 7.35. The molecule has 2 unspecified atom stereocenters. The van der Waals surface area contributed by atoms with Gasteiger partial charge in [0.15, 0.2) is 0 Å². The summed E-state index contributed by atoms with van der Waals surface area (Å²) in [4.78, 5) is 26.3. The highest BCUT2D eigenvalue weighted by Gasteiger charge is 2.62. The minimum absolute atomic E-state index is 0.0560. The molecular formula is C15H16N2O3. The minimum atomic E-state index is -0.258. The van der Waals surface area contributed by atoms with Crippen LogP contribution < -0.4 is 5.73 Å². The minimum Gasteiger partial charge on any atom is -0.398 e. The van der Waals surface area contributed by atoms with Gasteiger partial charge in [-0.3, -0.25) is 14.5 Å². The fourth-order valence-electron chi connectivity index (χ4n) is 3.78. The smallest absolute Gasteiger partial charge is 0.236 e. The van der Waals surface area contributed by atoms with Crippen molar-refractivity contribution in [2.24, 2.45) is 11.8 Å². The summed E-state index contributed by atoms with van der Waals surface area (Å²) in [7, 11) is 0. The molecule has 3 saturated heterocycles. The van der Waals surface area contributed by atoms with Crippen LogP contribution in [0.5, 0.6) is 0 Å². The lowest BCUT2D eigenvalue weighted by atomic mass is 9.81. The molecule has 5 heteroatoms. The summed E-state index contributed by atoms with van der Waals surface area (Å²) in [5, 5.41) is 0. The van der Waals surface area contributed by atoms with Gasteiger partial charge in [0, 0.05) is 5.69 Å². The molecule has 1 aromatic rings. The third kappa shape index (κ3) is 1.47. The van der Waals surface area contributed by atoms with Crippen molar-refractivity contribution in [1.29, 1.82) is 0 Å². The second kappa shape index (κ2) is 4.06. The molecule has 0 saturated carbocycles. The number of rotatable bonds is 2. The van der Waals surface area contributed by atoms with Crippen LogP contribution in [0.25, 0.3) is 0 Å². The first kappa shape index (κ1) is 11.9. The van der Waals surface area contributed by atoms with Crippen LogP contribution in [0.3, 0.4) is 0 Å². The molecule has 4 atom stereocenters. The number of carbonyl (C=O) groups is 2. The van der Waals surface area contributed by atoms with Gasteiger partial charge in [0.1, 0.15) is 0 Å². The van der Waals surface area contributed by atoms with E-state index in [0.29, 0.717) is 5.69 Å². The fourth-order valence-corrected chi connectivity index (χ4v) is 3.78. The highest BCUT2D eigenvalue weighted by molar-refractivity contribution is 6.06. The van der Waals surface area contributed by atoms with Crippen LogP contribution in [0.2, 0.25) is 0 Å². The number of carbonyl (C=O) groups excluding carboxylic acids is 2. The number of nitrogens with two attached hydrogens (primary N) is 1. The number of imide groups is 1. The Morgan fingerprint density at radius 2 is 1.70 bits per heavy atom. The summed E-state index contributed by atoms with van der Waals surface area (Å²) in [5.41, 5.74) is 7.34. The van der Waals surface area contributed by atoms with E-state index in [1.807, 2.05) is 18.2 Å². The Kier molecular flexibility index (Phi) is 2.41. The SMILES string of the molecule is Nc1ccccc1CN1C(=O)C2C(C1=O)[C@H]1CC[C@H]2O1. The van der Waals surface area contributed by atoms with Crippen molar-refractivity contribution in [2.75, 3.05) is 5.73 Å². The summed E-state index contributed by atoms with van der Waals surface area (Å²) in [6.45, 7) is 0.275. The molecule has 0 aromatic heterocycles. The summed E-state index contributed by atoms with van der Waals surface area (Å²) >= 11 is 0. The normalized spacial score (nSPS) is 34.9. The Morgan fingerprint density at radius 1 is 1.10 bits per heavy atom. The van der Waals surface area contributed by atoms with E-state index in [1.165, 1.54) is 4.90 Å². The largest absolute Gasteiger partial charge is 0.398 e. The molecule has 1 aromatic carbocycles. The Bertz CT molecular complexity index is 573. The van der Waals surface area contributed by atoms with E-state index in [-0.39, 0.29) is 42.4 Å². The topological polar surface area (TPSA) is 72.6 Å². The highest BCUT2D eigenvalue weighted by Crippen LogP contribution is 2.48. The van der Waals surface area contributed by atoms with Crippen LogP contribution in [-0.4, -0.2) is 28.9 Å². The van der Waals surface area contributed by atoms with E-state index in [9.17, 15) is 9.59 Å². The third-order valence-electron chi connectivity index (χ3n) is 4.76.